The standard InChI is InChI=1S/C18H15ClFN7O2/c1-9-22-17(21-8-15-24-12-4-6-14(20)25-16(12)26-15)27-18(23-9)29-13-5-3-10(28-2)7-11(13)19/h3-7H,8H2,1-2H3,(H,24,25,26)(H,21,22,23,27). The summed E-state index contributed by atoms with van der Waals surface area (Å²) in [7, 11) is 1.55. The Morgan fingerprint density at radius 1 is 1.10 bits per heavy atom. The van der Waals surface area contributed by atoms with Gasteiger partial charge in [-0.1, -0.05) is 11.6 Å². The molecule has 3 aromatic heterocycles. The molecule has 2 N–H and O–H groups in total. The number of hydrogen-bond donors (Lipinski definition) is 2. The Bertz CT molecular complexity index is 1180. The molecule has 0 saturated heterocycles. The number of nitrogens with one attached hydrogen (secondary N) is 2. The van der Waals surface area contributed by atoms with Crippen LogP contribution < -0.4 is 14.8 Å². The summed E-state index contributed by atoms with van der Waals surface area (Å²) in [6.45, 7) is 1.98. The van der Waals surface area contributed by atoms with E-state index in [0.717, 1.165) is 0 Å². The summed E-state index contributed by atoms with van der Waals surface area (Å²) in [5.41, 5.74) is 0.931. The summed E-state index contributed by atoms with van der Waals surface area (Å²) in [6.07, 6.45) is 0. The zero-order valence-electron chi connectivity index (χ0n) is 15.4. The van der Waals surface area contributed by atoms with E-state index in [4.69, 9.17) is 21.1 Å². The number of nitrogens with zero attached hydrogens (tertiary/aromatic N) is 5. The number of hydrogen-bond acceptors (Lipinski definition) is 8. The van der Waals surface area contributed by atoms with Crippen molar-refractivity contribution in [1.29, 1.82) is 0 Å². The highest BCUT2D eigenvalue weighted by molar-refractivity contribution is 6.32. The quantitative estimate of drug-likeness (QED) is 0.459. The Morgan fingerprint density at radius 2 is 1.97 bits per heavy atom. The molecule has 0 atom stereocenters. The van der Waals surface area contributed by atoms with Gasteiger partial charge in [0.2, 0.25) is 11.9 Å². The molecule has 0 bridgehead atoms. The number of rotatable bonds is 6. The van der Waals surface area contributed by atoms with E-state index in [0.29, 0.717) is 39.3 Å². The number of aromatic nitrogens is 6. The lowest BCUT2D eigenvalue weighted by molar-refractivity contribution is 0.410. The molecule has 0 aliphatic rings. The largest absolute Gasteiger partial charge is 0.497 e. The molecule has 1 aromatic carbocycles. The van der Waals surface area contributed by atoms with Gasteiger partial charge in [-0.15, -0.1) is 0 Å². The van der Waals surface area contributed by atoms with Crippen LogP contribution in [0.3, 0.4) is 0 Å². The summed E-state index contributed by atoms with van der Waals surface area (Å²) < 4.78 is 24.0. The minimum absolute atomic E-state index is 0.0837. The zero-order valence-corrected chi connectivity index (χ0v) is 16.2. The molecular weight excluding hydrogens is 401 g/mol. The molecule has 9 nitrogen and oxygen atoms in total. The van der Waals surface area contributed by atoms with Gasteiger partial charge in [0.15, 0.2) is 5.65 Å². The lowest BCUT2D eigenvalue weighted by Crippen LogP contribution is -2.08. The molecule has 0 fully saturated rings. The van der Waals surface area contributed by atoms with Crippen LogP contribution in [-0.4, -0.2) is 37.0 Å². The number of halogens is 2. The minimum Gasteiger partial charge on any atom is -0.497 e. The molecule has 0 saturated carbocycles. The molecule has 0 aliphatic heterocycles. The lowest BCUT2D eigenvalue weighted by atomic mass is 10.3. The van der Waals surface area contributed by atoms with Gasteiger partial charge in [-0.05, 0) is 31.2 Å². The van der Waals surface area contributed by atoms with Gasteiger partial charge in [-0.3, -0.25) is 0 Å². The molecule has 3 heterocycles. The predicted octanol–water partition coefficient (Wildman–Crippen LogP) is 3.66. The number of pyridine rings is 1. The van der Waals surface area contributed by atoms with E-state index in [9.17, 15) is 4.39 Å². The fourth-order valence-electron chi connectivity index (χ4n) is 2.54. The first kappa shape index (κ1) is 18.8. The van der Waals surface area contributed by atoms with Crippen LogP contribution in [-0.2, 0) is 6.54 Å². The topological polar surface area (TPSA) is 111 Å². The summed E-state index contributed by atoms with van der Waals surface area (Å²) in [5, 5.41) is 3.39. The number of ether oxygens (including phenoxy) is 2. The highest BCUT2D eigenvalue weighted by Gasteiger charge is 2.11. The Kier molecular flexibility index (Phi) is 5.09. The first-order chi connectivity index (χ1) is 14.0. The molecule has 0 unspecified atom stereocenters. The summed E-state index contributed by atoms with van der Waals surface area (Å²) in [5.74, 6) is 1.71. The third kappa shape index (κ3) is 4.32. The first-order valence-corrected chi connectivity index (χ1v) is 8.87. The molecule has 4 aromatic rings. The second kappa shape index (κ2) is 7.84. The van der Waals surface area contributed by atoms with Crippen LogP contribution >= 0.6 is 11.6 Å². The van der Waals surface area contributed by atoms with E-state index < -0.39 is 5.95 Å². The molecule has 4 rings (SSSR count). The van der Waals surface area contributed by atoms with Crippen LogP contribution in [0.25, 0.3) is 11.2 Å². The normalized spacial score (nSPS) is 10.9. The van der Waals surface area contributed by atoms with Crippen LogP contribution in [0.2, 0.25) is 5.02 Å². The number of fused-ring (bicyclic) bond motifs is 1. The number of H-pyrrole nitrogens is 1. The van der Waals surface area contributed by atoms with E-state index in [1.54, 1.807) is 38.3 Å². The summed E-state index contributed by atoms with van der Waals surface area (Å²) >= 11 is 6.19. The van der Waals surface area contributed by atoms with Crippen molar-refractivity contribution in [3.05, 3.63) is 53.0 Å². The van der Waals surface area contributed by atoms with Crippen molar-refractivity contribution in [1.82, 2.24) is 29.9 Å². The van der Waals surface area contributed by atoms with Crippen LogP contribution in [0.4, 0.5) is 10.3 Å². The van der Waals surface area contributed by atoms with Crippen molar-refractivity contribution in [3.63, 3.8) is 0 Å². The molecule has 0 radical (unpaired) electrons. The van der Waals surface area contributed by atoms with E-state index in [1.165, 1.54) is 6.07 Å². The third-order valence-electron chi connectivity index (χ3n) is 3.84. The lowest BCUT2D eigenvalue weighted by Gasteiger charge is -2.09. The Hall–Kier alpha value is -3.53. The fourth-order valence-corrected chi connectivity index (χ4v) is 2.75. The highest BCUT2D eigenvalue weighted by atomic mass is 35.5. The fraction of sp³-hybridized carbons (Fsp3) is 0.167. The van der Waals surface area contributed by atoms with Crippen LogP contribution in [0.1, 0.15) is 11.6 Å². The summed E-state index contributed by atoms with van der Waals surface area (Å²) in [6, 6.07) is 7.89. The second-order valence-corrected chi connectivity index (χ2v) is 6.33. The van der Waals surface area contributed by atoms with Crippen LogP contribution in [0, 0.1) is 12.9 Å². The van der Waals surface area contributed by atoms with Gasteiger partial charge in [0, 0.05) is 6.07 Å². The SMILES string of the molecule is COc1ccc(Oc2nc(C)nc(NCc3nc4ccc(F)nc4[nH]3)n2)c(Cl)c1. The van der Waals surface area contributed by atoms with Gasteiger partial charge in [0.05, 0.1) is 18.7 Å². The van der Waals surface area contributed by atoms with Crippen LogP contribution in [0.15, 0.2) is 30.3 Å². The number of imidazole rings is 1. The number of benzene rings is 1. The van der Waals surface area contributed by atoms with Gasteiger partial charge in [0.1, 0.15) is 28.7 Å². The number of aryl methyl sites for hydroxylation is 1. The first-order valence-electron chi connectivity index (χ1n) is 8.49. The Balaban J connectivity index is 1.50. The molecular formula is C18H15ClFN7O2. The Labute approximate surface area is 169 Å². The molecule has 11 heteroatoms. The number of aromatic amines is 1. The second-order valence-electron chi connectivity index (χ2n) is 5.93. The van der Waals surface area contributed by atoms with E-state index >= 15 is 0 Å². The maximum Gasteiger partial charge on any atom is 0.327 e. The summed E-state index contributed by atoms with van der Waals surface area (Å²) in [4.78, 5) is 23.6. The van der Waals surface area contributed by atoms with E-state index in [1.807, 2.05) is 0 Å². The maximum absolute atomic E-state index is 13.2. The predicted molar refractivity (Wildman–Crippen MR) is 104 cm³/mol. The van der Waals surface area contributed by atoms with Gasteiger partial charge in [0.25, 0.3) is 0 Å². The molecule has 0 spiro atoms. The van der Waals surface area contributed by atoms with Gasteiger partial charge >= 0.3 is 6.01 Å². The van der Waals surface area contributed by atoms with Crippen molar-refractivity contribution in [2.24, 2.45) is 0 Å². The average Bonchev–Trinajstić information content (AvgIpc) is 3.09. The molecule has 29 heavy (non-hydrogen) atoms. The monoisotopic (exact) mass is 415 g/mol. The van der Waals surface area contributed by atoms with Crippen molar-refractivity contribution < 1.29 is 13.9 Å². The third-order valence-corrected chi connectivity index (χ3v) is 4.13. The maximum atomic E-state index is 13.2. The Morgan fingerprint density at radius 3 is 2.76 bits per heavy atom. The molecule has 148 valence electrons. The number of anilines is 1. The minimum atomic E-state index is -0.576. The van der Waals surface area contributed by atoms with E-state index in [2.05, 4.69) is 35.2 Å². The zero-order chi connectivity index (χ0) is 20.4. The smallest absolute Gasteiger partial charge is 0.327 e. The number of methoxy groups -OCH3 is 1. The highest BCUT2D eigenvalue weighted by Crippen LogP contribution is 2.31. The van der Waals surface area contributed by atoms with Crippen molar-refractivity contribution in [2.45, 2.75) is 13.5 Å². The van der Waals surface area contributed by atoms with E-state index in [-0.39, 0.29) is 18.5 Å². The molecule has 0 aliphatic carbocycles. The van der Waals surface area contributed by atoms with Crippen molar-refractivity contribution in [2.75, 3.05) is 12.4 Å². The van der Waals surface area contributed by atoms with Crippen molar-refractivity contribution >= 4 is 28.7 Å². The van der Waals surface area contributed by atoms with Gasteiger partial charge in [-0.2, -0.15) is 24.3 Å². The molecule has 0 amide bonds. The van der Waals surface area contributed by atoms with Gasteiger partial charge < -0.3 is 19.8 Å². The average molecular weight is 416 g/mol. The van der Waals surface area contributed by atoms with Crippen molar-refractivity contribution in [3.8, 4) is 17.5 Å². The van der Waals surface area contributed by atoms with Crippen LogP contribution in [0.5, 0.6) is 17.5 Å². The van der Waals surface area contributed by atoms with Gasteiger partial charge in [-0.25, -0.2) is 4.98 Å².